The number of carboxylic acids is 1. The first-order chi connectivity index (χ1) is 16.3. The summed E-state index contributed by atoms with van der Waals surface area (Å²) in [4.78, 5) is 37.4. The summed E-state index contributed by atoms with van der Waals surface area (Å²) < 4.78 is 6.10. The minimum absolute atomic E-state index is 0.0527. The highest BCUT2D eigenvalue weighted by Gasteiger charge is 2.29. The molecule has 0 aliphatic heterocycles. The standard InChI is InChI=1S/C26H23BrN2O5/c1-29(13-12-24(30)31)25(32)21-14-16(10-11-23(21)27)28-26(33)34-15-22-19-8-4-2-6-17(19)18-7-3-5-9-20(18)22/h2-11,14,22H,12-13,15H2,1H3,(H,28,33)(H,30,31). The molecule has 4 rings (SSSR count). The van der Waals surface area contributed by atoms with E-state index in [0.29, 0.717) is 15.7 Å². The molecule has 3 aromatic carbocycles. The highest BCUT2D eigenvalue weighted by atomic mass is 79.9. The summed E-state index contributed by atoms with van der Waals surface area (Å²) in [5.41, 5.74) is 5.25. The molecule has 2 amide bonds. The molecule has 1 aliphatic rings. The molecule has 0 aromatic heterocycles. The molecular formula is C26H23BrN2O5. The van der Waals surface area contributed by atoms with Crippen molar-refractivity contribution in [1.82, 2.24) is 4.90 Å². The Morgan fingerprint density at radius 1 is 1.00 bits per heavy atom. The fourth-order valence-electron chi connectivity index (χ4n) is 4.09. The molecular weight excluding hydrogens is 500 g/mol. The molecule has 34 heavy (non-hydrogen) atoms. The monoisotopic (exact) mass is 522 g/mol. The van der Waals surface area contributed by atoms with Crippen molar-refractivity contribution in [2.24, 2.45) is 0 Å². The highest BCUT2D eigenvalue weighted by molar-refractivity contribution is 9.10. The lowest BCUT2D eigenvalue weighted by molar-refractivity contribution is -0.137. The van der Waals surface area contributed by atoms with Crippen molar-refractivity contribution in [3.05, 3.63) is 87.9 Å². The first-order valence-electron chi connectivity index (χ1n) is 10.7. The van der Waals surface area contributed by atoms with Crippen LogP contribution >= 0.6 is 15.9 Å². The minimum atomic E-state index is -0.982. The molecule has 3 aromatic rings. The summed E-state index contributed by atoms with van der Waals surface area (Å²) in [5, 5.41) is 11.5. The molecule has 0 spiro atoms. The summed E-state index contributed by atoms with van der Waals surface area (Å²) in [6.07, 6.45) is -0.779. The maximum absolute atomic E-state index is 12.7. The number of aliphatic carboxylic acids is 1. The van der Waals surface area contributed by atoms with Crippen LogP contribution in [0.2, 0.25) is 0 Å². The number of halogens is 1. The molecule has 0 atom stereocenters. The number of hydrogen-bond acceptors (Lipinski definition) is 4. The second kappa shape index (κ2) is 10.1. The van der Waals surface area contributed by atoms with Crippen molar-refractivity contribution < 1.29 is 24.2 Å². The Bertz CT molecular complexity index is 1210. The van der Waals surface area contributed by atoms with E-state index in [-0.39, 0.29) is 31.4 Å². The molecule has 0 unspecified atom stereocenters. The van der Waals surface area contributed by atoms with Crippen LogP contribution in [0.1, 0.15) is 33.8 Å². The van der Waals surface area contributed by atoms with E-state index in [0.717, 1.165) is 22.3 Å². The second-order valence-electron chi connectivity index (χ2n) is 8.02. The van der Waals surface area contributed by atoms with Crippen LogP contribution in [0.3, 0.4) is 0 Å². The Labute approximate surface area is 205 Å². The van der Waals surface area contributed by atoms with Crippen molar-refractivity contribution in [2.75, 3.05) is 25.5 Å². The van der Waals surface area contributed by atoms with Crippen molar-refractivity contribution in [2.45, 2.75) is 12.3 Å². The van der Waals surface area contributed by atoms with Crippen molar-refractivity contribution in [3.8, 4) is 11.1 Å². The van der Waals surface area contributed by atoms with Crippen LogP contribution < -0.4 is 5.32 Å². The summed E-state index contributed by atoms with van der Waals surface area (Å²) in [6.45, 7) is 0.255. The van der Waals surface area contributed by atoms with Gasteiger partial charge in [0, 0.05) is 29.7 Å². The van der Waals surface area contributed by atoms with Gasteiger partial charge in [-0.1, -0.05) is 48.5 Å². The third kappa shape index (κ3) is 4.97. The number of anilines is 1. The lowest BCUT2D eigenvalue weighted by Gasteiger charge is -2.18. The molecule has 0 fully saturated rings. The molecule has 7 nitrogen and oxygen atoms in total. The predicted molar refractivity (Wildman–Crippen MR) is 132 cm³/mol. The van der Waals surface area contributed by atoms with E-state index in [1.54, 1.807) is 12.1 Å². The van der Waals surface area contributed by atoms with E-state index in [2.05, 4.69) is 45.5 Å². The number of nitrogens with zero attached hydrogens (tertiary/aromatic N) is 1. The summed E-state index contributed by atoms with van der Waals surface area (Å²) in [7, 11) is 1.53. The van der Waals surface area contributed by atoms with E-state index >= 15 is 0 Å². The average molecular weight is 523 g/mol. The number of rotatable bonds is 7. The third-order valence-electron chi connectivity index (χ3n) is 5.79. The van der Waals surface area contributed by atoms with Crippen LogP contribution in [0.15, 0.2) is 71.2 Å². The Morgan fingerprint density at radius 2 is 1.62 bits per heavy atom. The van der Waals surface area contributed by atoms with Crippen LogP contribution in [0, 0.1) is 0 Å². The number of hydrogen-bond donors (Lipinski definition) is 2. The predicted octanol–water partition coefficient (Wildman–Crippen LogP) is 5.36. The van der Waals surface area contributed by atoms with Gasteiger partial charge >= 0.3 is 12.1 Å². The highest BCUT2D eigenvalue weighted by Crippen LogP contribution is 2.44. The van der Waals surface area contributed by atoms with E-state index in [1.165, 1.54) is 18.0 Å². The van der Waals surface area contributed by atoms with Gasteiger partial charge in [0.25, 0.3) is 5.91 Å². The number of carboxylic acid groups (broad SMARTS) is 1. The quantitative estimate of drug-likeness (QED) is 0.435. The summed E-state index contributed by atoms with van der Waals surface area (Å²) in [6, 6.07) is 21.0. The molecule has 0 saturated carbocycles. The SMILES string of the molecule is CN(CCC(=O)O)C(=O)c1cc(NC(=O)OCC2c3ccccc3-c3ccccc32)ccc1Br. The zero-order valence-electron chi connectivity index (χ0n) is 18.5. The van der Waals surface area contributed by atoms with Crippen LogP contribution in [0.5, 0.6) is 0 Å². The molecule has 0 bridgehead atoms. The molecule has 8 heteroatoms. The fraction of sp³-hybridized carbons (Fsp3) is 0.192. The zero-order chi connectivity index (χ0) is 24.2. The van der Waals surface area contributed by atoms with E-state index in [9.17, 15) is 14.4 Å². The molecule has 1 aliphatic carbocycles. The van der Waals surface area contributed by atoms with Gasteiger partial charge in [-0.2, -0.15) is 0 Å². The summed E-state index contributed by atoms with van der Waals surface area (Å²) >= 11 is 3.34. The number of benzene rings is 3. The van der Waals surface area contributed by atoms with E-state index in [4.69, 9.17) is 9.84 Å². The number of carbonyl (C=O) groups excluding carboxylic acids is 2. The van der Waals surface area contributed by atoms with Crippen molar-refractivity contribution in [1.29, 1.82) is 0 Å². The second-order valence-corrected chi connectivity index (χ2v) is 8.87. The normalized spacial score (nSPS) is 11.9. The average Bonchev–Trinajstić information content (AvgIpc) is 3.15. The zero-order valence-corrected chi connectivity index (χ0v) is 20.0. The van der Waals surface area contributed by atoms with Gasteiger partial charge in [0.2, 0.25) is 0 Å². The third-order valence-corrected chi connectivity index (χ3v) is 6.49. The Hall–Kier alpha value is -3.65. The topological polar surface area (TPSA) is 95.9 Å². The molecule has 0 saturated heterocycles. The van der Waals surface area contributed by atoms with Gasteiger partial charge in [-0.15, -0.1) is 0 Å². The van der Waals surface area contributed by atoms with Gasteiger partial charge in [0.05, 0.1) is 12.0 Å². The Kier molecular flexibility index (Phi) is 6.98. The first-order valence-corrected chi connectivity index (χ1v) is 11.5. The Morgan fingerprint density at radius 3 is 2.24 bits per heavy atom. The van der Waals surface area contributed by atoms with Gasteiger partial charge in [0.15, 0.2) is 0 Å². The van der Waals surface area contributed by atoms with E-state index in [1.807, 2.05) is 24.3 Å². The fourth-order valence-corrected chi connectivity index (χ4v) is 4.51. The van der Waals surface area contributed by atoms with Gasteiger partial charge in [-0.25, -0.2) is 4.79 Å². The Balaban J connectivity index is 1.43. The first kappa shape index (κ1) is 23.5. The molecule has 174 valence electrons. The number of ether oxygens (including phenoxy) is 1. The maximum Gasteiger partial charge on any atom is 0.411 e. The lowest BCUT2D eigenvalue weighted by Crippen LogP contribution is -2.29. The summed E-state index contributed by atoms with van der Waals surface area (Å²) in [5.74, 6) is -1.39. The van der Waals surface area contributed by atoms with Gasteiger partial charge in [-0.05, 0) is 56.4 Å². The van der Waals surface area contributed by atoms with Crippen LogP contribution in [-0.2, 0) is 9.53 Å². The number of nitrogens with one attached hydrogen (secondary N) is 1. The molecule has 2 N–H and O–H groups in total. The van der Waals surface area contributed by atoms with Crippen LogP contribution in [-0.4, -0.2) is 48.2 Å². The van der Waals surface area contributed by atoms with Gasteiger partial charge in [-0.3, -0.25) is 14.9 Å². The van der Waals surface area contributed by atoms with Crippen LogP contribution in [0.4, 0.5) is 10.5 Å². The molecule has 0 radical (unpaired) electrons. The van der Waals surface area contributed by atoms with Crippen molar-refractivity contribution >= 4 is 39.6 Å². The maximum atomic E-state index is 12.7. The smallest absolute Gasteiger partial charge is 0.411 e. The number of carbonyl (C=O) groups is 3. The van der Waals surface area contributed by atoms with E-state index < -0.39 is 12.1 Å². The lowest BCUT2D eigenvalue weighted by atomic mass is 9.98. The molecule has 0 heterocycles. The number of amides is 2. The van der Waals surface area contributed by atoms with Crippen LogP contribution in [0.25, 0.3) is 11.1 Å². The van der Waals surface area contributed by atoms with Gasteiger partial charge < -0.3 is 14.7 Å². The number of fused-ring (bicyclic) bond motifs is 3. The largest absolute Gasteiger partial charge is 0.481 e. The minimum Gasteiger partial charge on any atom is -0.481 e. The van der Waals surface area contributed by atoms with Gasteiger partial charge in [0.1, 0.15) is 6.61 Å². The van der Waals surface area contributed by atoms with Crippen molar-refractivity contribution in [3.63, 3.8) is 0 Å².